The predicted octanol–water partition coefficient (Wildman–Crippen LogP) is 1.85. The van der Waals surface area contributed by atoms with Crippen molar-refractivity contribution in [3.8, 4) is 0 Å². The third-order valence-corrected chi connectivity index (χ3v) is 1.99. The Morgan fingerprint density at radius 3 is 2.15 bits per heavy atom. The van der Waals surface area contributed by atoms with Gasteiger partial charge < -0.3 is 11.5 Å². The molecule has 0 aromatic heterocycles. The third kappa shape index (κ3) is 4.27. The smallest absolute Gasteiger partial charge is 0.0526 e. The maximum absolute atomic E-state index is 5.51. The molecule has 0 aliphatic rings. The first-order valence-corrected chi connectivity index (χ1v) is 4.26. The van der Waals surface area contributed by atoms with Gasteiger partial charge in [-0.2, -0.15) is 0 Å². The van der Waals surface area contributed by atoms with Crippen LogP contribution in [-0.2, 0) is 0 Å². The van der Waals surface area contributed by atoms with Crippen LogP contribution in [0.2, 0.25) is 0 Å². The Balaban J connectivity index is 0.00000144. The Labute approximate surface area is 85.7 Å². The summed E-state index contributed by atoms with van der Waals surface area (Å²) >= 11 is 0. The zero-order valence-electron chi connectivity index (χ0n) is 7.81. The Hall–Kier alpha value is -0.570. The summed E-state index contributed by atoms with van der Waals surface area (Å²) in [5.41, 5.74) is 12.3. The molecule has 0 amide bonds. The quantitative estimate of drug-likeness (QED) is 0.732. The highest BCUT2D eigenvalue weighted by molar-refractivity contribution is 5.85. The van der Waals surface area contributed by atoms with Crippen molar-refractivity contribution < 1.29 is 0 Å². The first-order chi connectivity index (χ1) is 5.70. The predicted molar refractivity (Wildman–Crippen MR) is 58.9 cm³/mol. The maximum Gasteiger partial charge on any atom is 0.0526 e. The van der Waals surface area contributed by atoms with E-state index in [0.717, 1.165) is 6.42 Å². The maximum atomic E-state index is 5.51. The molecule has 0 fully saturated rings. The molecule has 0 bridgehead atoms. The number of hydrogen-bond acceptors (Lipinski definition) is 2. The van der Waals surface area contributed by atoms with E-state index in [9.17, 15) is 0 Å². The Morgan fingerprint density at radius 2 is 1.69 bits per heavy atom. The highest BCUT2D eigenvalue weighted by Crippen LogP contribution is 2.17. The summed E-state index contributed by atoms with van der Waals surface area (Å²) in [7, 11) is 0. The van der Waals surface area contributed by atoms with Crippen LogP contribution in [-0.4, -0.2) is 6.17 Å². The molecule has 4 N–H and O–H groups in total. The molecular formula is C10H17ClN2. The number of nitrogens with two attached hydrogens (primary N) is 2. The van der Waals surface area contributed by atoms with Crippen LogP contribution >= 0.6 is 12.4 Å². The molecule has 2 nitrogen and oxygen atoms in total. The normalized spacial score (nSPS) is 12.3. The van der Waals surface area contributed by atoms with Crippen LogP contribution in [0.15, 0.2) is 30.3 Å². The highest BCUT2D eigenvalue weighted by atomic mass is 35.5. The first kappa shape index (κ1) is 12.4. The van der Waals surface area contributed by atoms with Gasteiger partial charge in [0.2, 0.25) is 0 Å². The van der Waals surface area contributed by atoms with E-state index in [-0.39, 0.29) is 18.6 Å². The van der Waals surface area contributed by atoms with Crippen LogP contribution in [0, 0.1) is 0 Å². The Kier molecular flexibility index (Phi) is 5.71. The number of rotatable bonds is 3. The minimum atomic E-state index is -0.208. The molecule has 0 spiro atoms. The Bertz CT molecular complexity index is 224. The van der Waals surface area contributed by atoms with E-state index in [4.69, 9.17) is 11.5 Å². The summed E-state index contributed by atoms with van der Waals surface area (Å²) in [4.78, 5) is 0. The van der Waals surface area contributed by atoms with Gasteiger partial charge in [-0.15, -0.1) is 12.4 Å². The zero-order chi connectivity index (χ0) is 8.97. The van der Waals surface area contributed by atoms with Crippen molar-refractivity contribution in [1.82, 2.24) is 0 Å². The Morgan fingerprint density at radius 1 is 1.15 bits per heavy atom. The van der Waals surface area contributed by atoms with Crippen molar-refractivity contribution >= 4 is 12.4 Å². The van der Waals surface area contributed by atoms with Crippen molar-refractivity contribution in [3.05, 3.63) is 35.9 Å². The topological polar surface area (TPSA) is 52.0 Å². The lowest BCUT2D eigenvalue weighted by Gasteiger charge is -2.13. The van der Waals surface area contributed by atoms with Gasteiger partial charge in [0.25, 0.3) is 0 Å². The van der Waals surface area contributed by atoms with Crippen molar-refractivity contribution in [1.29, 1.82) is 0 Å². The summed E-state index contributed by atoms with van der Waals surface area (Å²) in [6.07, 6.45) is 0.629. The molecule has 1 aromatic carbocycles. The van der Waals surface area contributed by atoms with Gasteiger partial charge in [0.15, 0.2) is 0 Å². The molecule has 0 radical (unpaired) electrons. The van der Waals surface area contributed by atoms with Gasteiger partial charge in [-0.25, -0.2) is 0 Å². The van der Waals surface area contributed by atoms with Crippen LogP contribution in [0.5, 0.6) is 0 Å². The highest BCUT2D eigenvalue weighted by Gasteiger charge is 2.06. The van der Waals surface area contributed by atoms with Crippen LogP contribution < -0.4 is 11.5 Å². The lowest BCUT2D eigenvalue weighted by molar-refractivity contribution is 0.567. The lowest BCUT2D eigenvalue weighted by atomic mass is 9.97. The minimum absolute atomic E-state index is 0. The monoisotopic (exact) mass is 200 g/mol. The van der Waals surface area contributed by atoms with Crippen molar-refractivity contribution in [2.24, 2.45) is 11.5 Å². The first-order valence-electron chi connectivity index (χ1n) is 4.26. The molecule has 1 atom stereocenters. The average Bonchev–Trinajstić information content (AvgIpc) is 2.05. The summed E-state index contributed by atoms with van der Waals surface area (Å²) in [6.45, 7) is 2.14. The zero-order valence-corrected chi connectivity index (χ0v) is 8.63. The third-order valence-electron chi connectivity index (χ3n) is 1.99. The van der Waals surface area contributed by atoms with Crippen LogP contribution in [0.25, 0.3) is 0 Å². The van der Waals surface area contributed by atoms with Gasteiger partial charge in [0, 0.05) is 0 Å². The van der Waals surface area contributed by atoms with Gasteiger partial charge in [-0.05, 0) is 17.9 Å². The van der Waals surface area contributed by atoms with Crippen molar-refractivity contribution in [2.75, 3.05) is 0 Å². The summed E-state index contributed by atoms with van der Waals surface area (Å²) in [6, 6.07) is 10.3. The van der Waals surface area contributed by atoms with Crippen LogP contribution in [0.3, 0.4) is 0 Å². The summed E-state index contributed by atoms with van der Waals surface area (Å²) in [5.74, 6) is 0.450. The van der Waals surface area contributed by atoms with E-state index in [1.165, 1.54) is 5.56 Å². The van der Waals surface area contributed by atoms with E-state index < -0.39 is 0 Å². The lowest BCUT2D eigenvalue weighted by Crippen LogP contribution is -2.31. The second-order valence-electron chi connectivity index (χ2n) is 3.21. The molecule has 1 unspecified atom stereocenters. The molecular weight excluding hydrogens is 184 g/mol. The van der Waals surface area contributed by atoms with Crippen molar-refractivity contribution in [2.45, 2.75) is 25.4 Å². The van der Waals surface area contributed by atoms with E-state index in [0.29, 0.717) is 5.92 Å². The van der Waals surface area contributed by atoms with Crippen molar-refractivity contribution in [3.63, 3.8) is 0 Å². The fourth-order valence-electron chi connectivity index (χ4n) is 1.33. The van der Waals surface area contributed by atoms with Crippen LogP contribution in [0.4, 0.5) is 0 Å². The summed E-state index contributed by atoms with van der Waals surface area (Å²) in [5, 5.41) is 0. The fourth-order valence-corrected chi connectivity index (χ4v) is 1.33. The van der Waals surface area contributed by atoms with E-state index in [1.54, 1.807) is 0 Å². The van der Waals surface area contributed by atoms with Gasteiger partial charge in [0.05, 0.1) is 6.17 Å². The molecule has 3 heteroatoms. The molecule has 0 aliphatic heterocycles. The molecule has 0 aliphatic carbocycles. The van der Waals surface area contributed by atoms with Gasteiger partial charge >= 0.3 is 0 Å². The second kappa shape index (κ2) is 5.97. The van der Waals surface area contributed by atoms with E-state index in [2.05, 4.69) is 19.1 Å². The minimum Gasteiger partial charge on any atom is -0.316 e. The summed E-state index contributed by atoms with van der Waals surface area (Å²) < 4.78 is 0. The van der Waals surface area contributed by atoms with E-state index in [1.807, 2.05) is 18.2 Å². The molecule has 0 heterocycles. The largest absolute Gasteiger partial charge is 0.316 e. The van der Waals surface area contributed by atoms with Gasteiger partial charge in [-0.3, -0.25) is 0 Å². The van der Waals surface area contributed by atoms with Gasteiger partial charge in [0.1, 0.15) is 0 Å². The molecule has 1 aromatic rings. The molecule has 0 saturated heterocycles. The SMILES string of the molecule is CC(CC(N)N)c1ccccc1.Cl. The average molecular weight is 201 g/mol. The standard InChI is InChI=1S/C10H16N2.ClH/c1-8(7-10(11)12)9-5-3-2-4-6-9;/h2-6,8,10H,7,11-12H2,1H3;1H. The molecule has 0 saturated carbocycles. The second-order valence-corrected chi connectivity index (χ2v) is 3.21. The fraction of sp³-hybridized carbons (Fsp3) is 0.400. The number of benzene rings is 1. The van der Waals surface area contributed by atoms with Crippen LogP contribution in [0.1, 0.15) is 24.8 Å². The molecule has 13 heavy (non-hydrogen) atoms. The molecule has 1 rings (SSSR count). The van der Waals surface area contributed by atoms with E-state index >= 15 is 0 Å². The molecule has 74 valence electrons. The number of hydrogen-bond donors (Lipinski definition) is 2. The number of halogens is 1. The van der Waals surface area contributed by atoms with Gasteiger partial charge in [-0.1, -0.05) is 37.3 Å².